The number of carbonyl (C=O) groups excluding carboxylic acids is 2. The number of amides is 1. The summed E-state index contributed by atoms with van der Waals surface area (Å²) in [4.78, 5) is 28.2. The normalized spacial score (nSPS) is 16.9. The molecule has 0 aliphatic carbocycles. The van der Waals surface area contributed by atoms with E-state index in [0.29, 0.717) is 28.5 Å². The fourth-order valence-corrected chi connectivity index (χ4v) is 4.43. The summed E-state index contributed by atoms with van der Waals surface area (Å²) in [5.41, 5.74) is 3.39. The van der Waals surface area contributed by atoms with E-state index in [9.17, 15) is 14.7 Å². The lowest BCUT2D eigenvalue weighted by molar-refractivity contribution is -0.132. The highest BCUT2D eigenvalue weighted by molar-refractivity contribution is 6.51. The third-order valence-corrected chi connectivity index (χ3v) is 6.02. The number of methoxy groups -OCH3 is 3. The summed E-state index contributed by atoms with van der Waals surface area (Å²) < 4.78 is 16.0. The van der Waals surface area contributed by atoms with Crippen molar-refractivity contribution in [2.24, 2.45) is 0 Å². The molecule has 0 bridgehead atoms. The Morgan fingerprint density at radius 1 is 0.800 bits per heavy atom. The predicted molar refractivity (Wildman–Crippen MR) is 133 cm³/mol. The van der Waals surface area contributed by atoms with Crippen molar-refractivity contribution in [2.45, 2.75) is 19.9 Å². The van der Waals surface area contributed by atoms with Gasteiger partial charge in [-0.2, -0.15) is 0 Å². The molecule has 1 N–H and O–H groups in total. The maximum Gasteiger partial charge on any atom is 0.300 e. The summed E-state index contributed by atoms with van der Waals surface area (Å²) in [6, 6.07) is 16.8. The first kappa shape index (κ1) is 23.9. The topological polar surface area (TPSA) is 85.3 Å². The van der Waals surface area contributed by atoms with E-state index in [1.165, 1.54) is 19.1 Å². The van der Waals surface area contributed by atoms with E-state index in [-0.39, 0.29) is 16.9 Å². The highest BCUT2D eigenvalue weighted by atomic mass is 16.5. The zero-order valence-electron chi connectivity index (χ0n) is 20.3. The minimum atomic E-state index is -0.853. The van der Waals surface area contributed by atoms with Crippen LogP contribution < -0.4 is 19.1 Å². The maximum absolute atomic E-state index is 13.4. The predicted octanol–water partition coefficient (Wildman–Crippen LogP) is 4.96. The van der Waals surface area contributed by atoms with Gasteiger partial charge in [0.25, 0.3) is 11.7 Å². The molecule has 1 aliphatic heterocycles. The molecule has 7 heteroatoms. The molecule has 1 amide bonds. The molecule has 0 aromatic heterocycles. The van der Waals surface area contributed by atoms with E-state index in [1.54, 1.807) is 49.6 Å². The number of hydrogen-bond acceptors (Lipinski definition) is 6. The number of benzene rings is 3. The molecule has 1 heterocycles. The number of nitrogens with zero attached hydrogens (tertiary/aromatic N) is 1. The van der Waals surface area contributed by atoms with Gasteiger partial charge in [-0.3, -0.25) is 14.5 Å². The summed E-state index contributed by atoms with van der Waals surface area (Å²) in [5.74, 6) is -0.344. The maximum atomic E-state index is 13.4. The standard InChI is InChI=1S/C28H27NO6/c1-16-12-17(2)14-19(13-16)29-25(18-6-8-20(33-3)9-7-18)24(27(31)28(29)32)26(30)22-11-10-21(34-4)15-23(22)35-5/h6-15,25,30H,1-5H3/b26-24-. The van der Waals surface area contributed by atoms with Crippen LogP contribution in [0.25, 0.3) is 5.76 Å². The van der Waals surface area contributed by atoms with Crippen LogP contribution in [0.4, 0.5) is 5.69 Å². The van der Waals surface area contributed by atoms with Crippen molar-refractivity contribution in [1.29, 1.82) is 0 Å². The van der Waals surface area contributed by atoms with Gasteiger partial charge in [0, 0.05) is 11.8 Å². The second-order valence-electron chi connectivity index (χ2n) is 8.35. The van der Waals surface area contributed by atoms with Gasteiger partial charge in [-0.05, 0) is 66.9 Å². The fourth-order valence-electron chi connectivity index (χ4n) is 4.43. The number of hydrogen-bond donors (Lipinski definition) is 1. The summed E-state index contributed by atoms with van der Waals surface area (Å²) >= 11 is 0. The Bertz CT molecular complexity index is 1310. The molecular formula is C28H27NO6. The molecule has 3 aromatic rings. The monoisotopic (exact) mass is 473 g/mol. The molecule has 35 heavy (non-hydrogen) atoms. The fraction of sp³-hybridized carbons (Fsp3) is 0.214. The number of aliphatic hydroxyl groups is 1. The van der Waals surface area contributed by atoms with Crippen LogP contribution in [-0.2, 0) is 9.59 Å². The summed E-state index contributed by atoms with van der Waals surface area (Å²) in [6.07, 6.45) is 0. The Morgan fingerprint density at radius 3 is 1.97 bits per heavy atom. The van der Waals surface area contributed by atoms with Gasteiger partial charge in [-0.25, -0.2) is 0 Å². The highest BCUT2D eigenvalue weighted by Crippen LogP contribution is 2.44. The molecule has 1 saturated heterocycles. The molecule has 0 spiro atoms. The first-order valence-corrected chi connectivity index (χ1v) is 11.0. The van der Waals surface area contributed by atoms with Crippen LogP contribution in [0, 0.1) is 13.8 Å². The van der Waals surface area contributed by atoms with Crippen LogP contribution in [0.2, 0.25) is 0 Å². The average molecular weight is 474 g/mol. The van der Waals surface area contributed by atoms with E-state index in [1.807, 2.05) is 32.0 Å². The van der Waals surface area contributed by atoms with Crippen molar-refractivity contribution in [3.05, 3.63) is 88.5 Å². The lowest BCUT2D eigenvalue weighted by atomic mass is 9.94. The molecule has 4 rings (SSSR count). The number of Topliss-reactive ketones (excluding diaryl/α,β-unsaturated/α-hetero) is 1. The molecule has 0 saturated carbocycles. The van der Waals surface area contributed by atoms with Gasteiger partial charge < -0.3 is 19.3 Å². The van der Waals surface area contributed by atoms with Crippen LogP contribution in [-0.4, -0.2) is 38.1 Å². The van der Waals surface area contributed by atoms with Crippen LogP contribution in [0.1, 0.15) is 28.3 Å². The van der Waals surface area contributed by atoms with E-state index in [0.717, 1.165) is 11.1 Å². The van der Waals surface area contributed by atoms with Gasteiger partial charge in [0.2, 0.25) is 0 Å². The van der Waals surface area contributed by atoms with Gasteiger partial charge in [0.1, 0.15) is 23.0 Å². The van der Waals surface area contributed by atoms with Gasteiger partial charge >= 0.3 is 0 Å². The van der Waals surface area contributed by atoms with Crippen molar-refractivity contribution >= 4 is 23.1 Å². The number of anilines is 1. The number of aryl methyl sites for hydroxylation is 2. The van der Waals surface area contributed by atoms with Crippen molar-refractivity contribution in [3.63, 3.8) is 0 Å². The average Bonchev–Trinajstić information content (AvgIpc) is 3.12. The molecule has 1 fully saturated rings. The molecule has 1 atom stereocenters. The number of ketones is 1. The quantitative estimate of drug-likeness (QED) is 0.310. The van der Waals surface area contributed by atoms with Crippen LogP contribution >= 0.6 is 0 Å². The van der Waals surface area contributed by atoms with Crippen molar-refractivity contribution in [2.75, 3.05) is 26.2 Å². The van der Waals surface area contributed by atoms with Crippen molar-refractivity contribution < 1.29 is 28.9 Å². The van der Waals surface area contributed by atoms with Gasteiger partial charge in [0.05, 0.1) is 38.5 Å². The zero-order valence-corrected chi connectivity index (χ0v) is 20.3. The first-order valence-electron chi connectivity index (χ1n) is 11.0. The third kappa shape index (κ3) is 4.33. The Kier molecular flexibility index (Phi) is 6.51. The van der Waals surface area contributed by atoms with Crippen LogP contribution in [0.3, 0.4) is 0 Å². The van der Waals surface area contributed by atoms with E-state index in [4.69, 9.17) is 14.2 Å². The molecule has 1 aliphatic rings. The molecule has 0 radical (unpaired) electrons. The highest BCUT2D eigenvalue weighted by Gasteiger charge is 2.47. The van der Waals surface area contributed by atoms with E-state index >= 15 is 0 Å². The number of rotatable bonds is 6. The third-order valence-electron chi connectivity index (χ3n) is 6.02. The van der Waals surface area contributed by atoms with Crippen molar-refractivity contribution in [1.82, 2.24) is 0 Å². The number of carbonyl (C=O) groups is 2. The summed E-state index contributed by atoms with van der Waals surface area (Å²) in [7, 11) is 4.54. The smallest absolute Gasteiger partial charge is 0.300 e. The molecule has 180 valence electrons. The minimum absolute atomic E-state index is 0.0252. The lowest BCUT2D eigenvalue weighted by Crippen LogP contribution is -2.29. The Morgan fingerprint density at radius 2 is 1.40 bits per heavy atom. The lowest BCUT2D eigenvalue weighted by Gasteiger charge is -2.26. The molecular weight excluding hydrogens is 446 g/mol. The van der Waals surface area contributed by atoms with Gasteiger partial charge in [-0.1, -0.05) is 18.2 Å². The molecule has 3 aromatic carbocycles. The Labute approximate surface area is 204 Å². The minimum Gasteiger partial charge on any atom is -0.507 e. The molecule has 1 unspecified atom stereocenters. The van der Waals surface area contributed by atoms with Gasteiger partial charge in [-0.15, -0.1) is 0 Å². The second-order valence-corrected chi connectivity index (χ2v) is 8.35. The van der Waals surface area contributed by atoms with Crippen molar-refractivity contribution in [3.8, 4) is 17.2 Å². The zero-order chi connectivity index (χ0) is 25.3. The summed E-state index contributed by atoms with van der Waals surface area (Å²) in [5, 5.41) is 11.4. The van der Waals surface area contributed by atoms with Crippen LogP contribution in [0.5, 0.6) is 17.2 Å². The number of ether oxygens (including phenoxy) is 3. The van der Waals surface area contributed by atoms with Crippen LogP contribution in [0.15, 0.2) is 66.2 Å². The second kappa shape index (κ2) is 9.54. The first-order chi connectivity index (χ1) is 16.8. The largest absolute Gasteiger partial charge is 0.507 e. The van der Waals surface area contributed by atoms with Gasteiger partial charge in [0.15, 0.2) is 0 Å². The Hall–Kier alpha value is -4.26. The Balaban J connectivity index is 1.97. The van der Waals surface area contributed by atoms with E-state index < -0.39 is 17.7 Å². The molecule has 7 nitrogen and oxygen atoms in total. The SMILES string of the molecule is COc1ccc(C2/C(=C(/O)c3ccc(OC)cc3OC)C(=O)C(=O)N2c2cc(C)cc(C)c2)cc1. The van der Waals surface area contributed by atoms with E-state index in [2.05, 4.69) is 0 Å². The summed E-state index contributed by atoms with van der Waals surface area (Å²) in [6.45, 7) is 3.86. The number of aliphatic hydroxyl groups excluding tert-OH is 1.